The first-order valence-corrected chi connectivity index (χ1v) is 5.88. The third-order valence-electron chi connectivity index (χ3n) is 2.28. The van der Waals surface area contributed by atoms with Gasteiger partial charge in [-0.1, -0.05) is 11.8 Å². The molecule has 14 heavy (non-hydrogen) atoms. The standard InChI is InChI=1S/C10H15N3S/c1-8-5-12-10(13-6-8)14-9-3-2-4-11-7-9/h5-6,9,11H,2-4,7H2,1H3. The van der Waals surface area contributed by atoms with E-state index in [1.165, 1.54) is 12.8 Å². The molecule has 1 atom stereocenters. The minimum atomic E-state index is 0.645. The van der Waals surface area contributed by atoms with Crippen molar-refractivity contribution < 1.29 is 0 Å². The SMILES string of the molecule is Cc1cnc(SC2CCCNC2)nc1. The molecule has 1 aromatic rings. The van der Waals surface area contributed by atoms with Gasteiger partial charge in [0.15, 0.2) is 5.16 Å². The first-order chi connectivity index (χ1) is 6.84. The Morgan fingerprint density at radius 3 is 2.86 bits per heavy atom. The summed E-state index contributed by atoms with van der Waals surface area (Å²) in [4.78, 5) is 8.59. The second-order valence-corrected chi connectivity index (χ2v) is 4.90. The van der Waals surface area contributed by atoms with Gasteiger partial charge in [0.1, 0.15) is 0 Å². The molecule has 0 radical (unpaired) electrons. The number of hydrogen-bond donors (Lipinski definition) is 1. The number of rotatable bonds is 2. The Kier molecular flexibility index (Phi) is 3.37. The maximum atomic E-state index is 4.30. The number of thioether (sulfide) groups is 1. The largest absolute Gasteiger partial charge is 0.316 e. The van der Waals surface area contributed by atoms with Crippen LogP contribution >= 0.6 is 11.8 Å². The van der Waals surface area contributed by atoms with Gasteiger partial charge in [-0.2, -0.15) is 0 Å². The molecule has 1 fully saturated rings. The highest BCUT2D eigenvalue weighted by atomic mass is 32.2. The lowest BCUT2D eigenvalue weighted by atomic mass is 10.2. The van der Waals surface area contributed by atoms with Crippen molar-refractivity contribution in [3.05, 3.63) is 18.0 Å². The van der Waals surface area contributed by atoms with Crippen LogP contribution in [0.25, 0.3) is 0 Å². The Balaban J connectivity index is 1.92. The fourth-order valence-electron chi connectivity index (χ4n) is 1.51. The van der Waals surface area contributed by atoms with Gasteiger partial charge in [-0.15, -0.1) is 0 Å². The molecule has 0 spiro atoms. The lowest BCUT2D eigenvalue weighted by molar-refractivity contribution is 0.530. The zero-order valence-electron chi connectivity index (χ0n) is 8.36. The summed E-state index contributed by atoms with van der Waals surface area (Å²) in [6, 6.07) is 0. The monoisotopic (exact) mass is 209 g/mol. The van der Waals surface area contributed by atoms with Gasteiger partial charge in [-0.25, -0.2) is 9.97 Å². The Morgan fingerprint density at radius 1 is 1.43 bits per heavy atom. The van der Waals surface area contributed by atoms with Crippen molar-refractivity contribution >= 4 is 11.8 Å². The van der Waals surface area contributed by atoms with Crippen molar-refractivity contribution in [2.24, 2.45) is 0 Å². The Bertz CT molecular complexity index is 280. The van der Waals surface area contributed by atoms with Gasteiger partial charge in [0.25, 0.3) is 0 Å². The van der Waals surface area contributed by atoms with E-state index in [4.69, 9.17) is 0 Å². The summed E-state index contributed by atoms with van der Waals surface area (Å²) in [7, 11) is 0. The molecular weight excluding hydrogens is 194 g/mol. The first kappa shape index (κ1) is 9.93. The second kappa shape index (κ2) is 4.75. The van der Waals surface area contributed by atoms with E-state index in [0.29, 0.717) is 5.25 Å². The average Bonchev–Trinajstić information content (AvgIpc) is 2.23. The summed E-state index contributed by atoms with van der Waals surface area (Å²) < 4.78 is 0. The molecule has 1 saturated heterocycles. The van der Waals surface area contributed by atoms with Gasteiger partial charge < -0.3 is 5.32 Å². The van der Waals surface area contributed by atoms with Crippen LogP contribution < -0.4 is 5.32 Å². The smallest absolute Gasteiger partial charge is 0.187 e. The number of piperidine rings is 1. The predicted molar refractivity (Wildman–Crippen MR) is 58.5 cm³/mol. The molecule has 0 bridgehead atoms. The molecule has 4 heteroatoms. The molecule has 1 unspecified atom stereocenters. The lowest BCUT2D eigenvalue weighted by Crippen LogP contribution is -2.31. The molecular formula is C10H15N3S. The summed E-state index contributed by atoms with van der Waals surface area (Å²) in [5.74, 6) is 0. The minimum Gasteiger partial charge on any atom is -0.316 e. The number of hydrogen-bond acceptors (Lipinski definition) is 4. The molecule has 1 aliphatic heterocycles. The molecule has 2 rings (SSSR count). The molecule has 76 valence electrons. The summed E-state index contributed by atoms with van der Waals surface area (Å²) in [6.07, 6.45) is 6.30. The molecule has 0 aromatic carbocycles. The minimum absolute atomic E-state index is 0.645. The highest BCUT2D eigenvalue weighted by molar-refractivity contribution is 7.99. The zero-order chi connectivity index (χ0) is 9.80. The van der Waals surface area contributed by atoms with E-state index in [1.54, 1.807) is 11.8 Å². The van der Waals surface area contributed by atoms with Crippen molar-refractivity contribution in [1.82, 2.24) is 15.3 Å². The van der Waals surface area contributed by atoms with E-state index < -0.39 is 0 Å². The fourth-order valence-corrected chi connectivity index (χ4v) is 2.52. The van der Waals surface area contributed by atoms with Crippen molar-refractivity contribution in [3.8, 4) is 0 Å². The summed E-state index contributed by atoms with van der Waals surface area (Å²) in [5.41, 5.74) is 1.12. The van der Waals surface area contributed by atoms with Crippen molar-refractivity contribution in [2.45, 2.75) is 30.2 Å². The van der Waals surface area contributed by atoms with Gasteiger partial charge in [0.2, 0.25) is 0 Å². The number of aromatic nitrogens is 2. The van der Waals surface area contributed by atoms with E-state index in [1.807, 2.05) is 19.3 Å². The molecule has 0 saturated carbocycles. The molecule has 1 aromatic heterocycles. The summed E-state index contributed by atoms with van der Waals surface area (Å²) >= 11 is 1.79. The van der Waals surface area contributed by atoms with Crippen LogP contribution in [0.3, 0.4) is 0 Å². The van der Waals surface area contributed by atoms with Gasteiger partial charge in [-0.05, 0) is 31.9 Å². The lowest BCUT2D eigenvalue weighted by Gasteiger charge is -2.21. The third-order valence-corrected chi connectivity index (χ3v) is 3.44. The highest BCUT2D eigenvalue weighted by Gasteiger charge is 2.15. The summed E-state index contributed by atoms with van der Waals surface area (Å²) in [6.45, 7) is 4.25. The van der Waals surface area contributed by atoms with Crippen LogP contribution in [0.5, 0.6) is 0 Å². The van der Waals surface area contributed by atoms with E-state index in [-0.39, 0.29) is 0 Å². The Hall–Kier alpha value is -0.610. The number of nitrogens with zero attached hydrogens (tertiary/aromatic N) is 2. The molecule has 3 nitrogen and oxygen atoms in total. The maximum absolute atomic E-state index is 4.30. The van der Waals surface area contributed by atoms with Crippen molar-refractivity contribution in [3.63, 3.8) is 0 Å². The van der Waals surface area contributed by atoms with Crippen LogP contribution in [-0.2, 0) is 0 Å². The molecule has 1 aliphatic rings. The van der Waals surface area contributed by atoms with Crippen LogP contribution in [-0.4, -0.2) is 28.3 Å². The molecule has 0 amide bonds. The Labute approximate surface area is 88.7 Å². The number of aryl methyl sites for hydroxylation is 1. The van der Waals surface area contributed by atoms with Crippen LogP contribution in [0.15, 0.2) is 17.6 Å². The van der Waals surface area contributed by atoms with Gasteiger partial charge in [-0.3, -0.25) is 0 Å². The topological polar surface area (TPSA) is 37.8 Å². The van der Waals surface area contributed by atoms with E-state index in [2.05, 4.69) is 15.3 Å². The van der Waals surface area contributed by atoms with Crippen LogP contribution in [0.1, 0.15) is 18.4 Å². The van der Waals surface area contributed by atoms with E-state index in [9.17, 15) is 0 Å². The van der Waals surface area contributed by atoms with E-state index in [0.717, 1.165) is 23.8 Å². The maximum Gasteiger partial charge on any atom is 0.187 e. The van der Waals surface area contributed by atoms with Gasteiger partial charge in [0, 0.05) is 24.2 Å². The van der Waals surface area contributed by atoms with Gasteiger partial charge >= 0.3 is 0 Å². The quantitative estimate of drug-likeness (QED) is 0.751. The van der Waals surface area contributed by atoms with Crippen LogP contribution in [0, 0.1) is 6.92 Å². The normalized spacial score (nSPS) is 22.2. The van der Waals surface area contributed by atoms with E-state index >= 15 is 0 Å². The summed E-state index contributed by atoms with van der Waals surface area (Å²) in [5, 5.41) is 4.94. The average molecular weight is 209 g/mol. The van der Waals surface area contributed by atoms with Crippen molar-refractivity contribution in [2.75, 3.05) is 13.1 Å². The predicted octanol–water partition coefficient (Wildman–Crippen LogP) is 1.63. The molecule has 1 N–H and O–H groups in total. The van der Waals surface area contributed by atoms with Gasteiger partial charge in [0.05, 0.1) is 0 Å². The first-order valence-electron chi connectivity index (χ1n) is 5.00. The van der Waals surface area contributed by atoms with Crippen LogP contribution in [0.2, 0.25) is 0 Å². The van der Waals surface area contributed by atoms with Crippen molar-refractivity contribution in [1.29, 1.82) is 0 Å². The molecule has 2 heterocycles. The van der Waals surface area contributed by atoms with Crippen LogP contribution in [0.4, 0.5) is 0 Å². The fraction of sp³-hybridized carbons (Fsp3) is 0.600. The zero-order valence-corrected chi connectivity index (χ0v) is 9.18. The molecule has 0 aliphatic carbocycles. The highest BCUT2D eigenvalue weighted by Crippen LogP contribution is 2.23. The Morgan fingerprint density at radius 2 is 2.21 bits per heavy atom. The second-order valence-electron chi connectivity index (χ2n) is 3.63. The number of nitrogens with one attached hydrogen (secondary N) is 1. The third kappa shape index (κ3) is 2.69.